The summed E-state index contributed by atoms with van der Waals surface area (Å²) in [6.07, 6.45) is 1.11. The Morgan fingerprint density at radius 3 is 2.69 bits per heavy atom. The summed E-state index contributed by atoms with van der Waals surface area (Å²) >= 11 is 6.20. The predicted molar refractivity (Wildman–Crippen MR) is 104 cm³/mol. The summed E-state index contributed by atoms with van der Waals surface area (Å²) in [6, 6.07) is 13.7. The third kappa shape index (κ3) is 2.78. The first-order valence-corrected chi connectivity index (χ1v) is 9.31. The average molecular weight is 369 g/mol. The minimum atomic E-state index is -0.323. The average Bonchev–Trinajstić information content (AvgIpc) is 3.16. The van der Waals surface area contributed by atoms with Crippen LogP contribution in [0, 0.1) is 12.8 Å². The second-order valence-electron chi connectivity index (χ2n) is 7.23. The second-order valence-corrected chi connectivity index (χ2v) is 7.64. The van der Waals surface area contributed by atoms with Crippen LogP contribution in [0.3, 0.4) is 0 Å². The Labute approximate surface area is 158 Å². The third-order valence-electron chi connectivity index (χ3n) is 5.39. The van der Waals surface area contributed by atoms with Crippen LogP contribution in [0.1, 0.15) is 24.5 Å². The van der Waals surface area contributed by atoms with E-state index in [0.717, 1.165) is 23.4 Å². The quantitative estimate of drug-likeness (QED) is 0.804. The van der Waals surface area contributed by atoms with Crippen molar-refractivity contribution in [1.29, 1.82) is 0 Å². The molecule has 0 aromatic heterocycles. The van der Waals surface area contributed by atoms with Crippen molar-refractivity contribution < 1.29 is 9.59 Å². The Bertz CT molecular complexity index is 895. The number of fused-ring (bicyclic) bond motifs is 1. The van der Waals surface area contributed by atoms with Gasteiger partial charge in [0.1, 0.15) is 0 Å². The normalized spacial score (nSPS) is 22.0. The highest BCUT2D eigenvalue weighted by Gasteiger charge is 2.41. The first-order valence-electron chi connectivity index (χ1n) is 8.93. The van der Waals surface area contributed by atoms with Crippen molar-refractivity contribution in [2.75, 3.05) is 16.3 Å². The fraction of sp³-hybridized carbons (Fsp3) is 0.333. The van der Waals surface area contributed by atoms with Gasteiger partial charge in [-0.25, -0.2) is 0 Å². The highest BCUT2D eigenvalue weighted by atomic mass is 35.5. The standard InChI is InChI=1S/C21H21ClN2O2/c1-13-7-8-17(11-18(13)22)23-12-16(10-20(23)25)21(26)24-14(2)9-15-5-3-4-6-19(15)24/h3-8,11,14,16H,9-10,12H2,1-2H3/t14-,16-/m0/s1. The smallest absolute Gasteiger partial charge is 0.232 e. The first-order chi connectivity index (χ1) is 12.5. The van der Waals surface area contributed by atoms with Gasteiger partial charge in [-0.3, -0.25) is 9.59 Å². The van der Waals surface area contributed by atoms with Gasteiger partial charge in [-0.1, -0.05) is 35.9 Å². The van der Waals surface area contributed by atoms with Crippen LogP contribution in [0.5, 0.6) is 0 Å². The second kappa shape index (κ2) is 6.44. The fourth-order valence-corrected chi connectivity index (χ4v) is 4.15. The number of rotatable bonds is 2. The van der Waals surface area contributed by atoms with Crippen molar-refractivity contribution in [1.82, 2.24) is 0 Å². The molecule has 0 aliphatic carbocycles. The number of anilines is 2. The van der Waals surface area contributed by atoms with Gasteiger partial charge in [0.05, 0.1) is 5.92 Å². The van der Waals surface area contributed by atoms with Crippen molar-refractivity contribution in [3.8, 4) is 0 Å². The number of para-hydroxylation sites is 1. The van der Waals surface area contributed by atoms with E-state index in [2.05, 4.69) is 13.0 Å². The summed E-state index contributed by atoms with van der Waals surface area (Å²) < 4.78 is 0. The number of aryl methyl sites for hydroxylation is 1. The summed E-state index contributed by atoms with van der Waals surface area (Å²) in [7, 11) is 0. The Kier molecular flexibility index (Phi) is 4.23. The van der Waals surface area contributed by atoms with Gasteiger partial charge in [-0.05, 0) is 49.6 Å². The molecule has 2 heterocycles. The summed E-state index contributed by atoms with van der Waals surface area (Å²) in [6.45, 7) is 4.39. The summed E-state index contributed by atoms with van der Waals surface area (Å²) in [5.74, 6) is -0.309. The summed E-state index contributed by atoms with van der Waals surface area (Å²) in [5, 5.41) is 0.632. The van der Waals surface area contributed by atoms with E-state index in [4.69, 9.17) is 11.6 Å². The Hall–Kier alpha value is -2.33. The van der Waals surface area contributed by atoms with Crippen molar-refractivity contribution in [2.45, 2.75) is 32.7 Å². The van der Waals surface area contributed by atoms with Gasteiger partial charge in [-0.15, -0.1) is 0 Å². The predicted octanol–water partition coefficient (Wildman–Crippen LogP) is 3.98. The maximum atomic E-state index is 13.2. The summed E-state index contributed by atoms with van der Waals surface area (Å²) in [4.78, 5) is 29.3. The lowest BCUT2D eigenvalue weighted by Crippen LogP contribution is -2.41. The molecule has 2 aliphatic rings. The molecule has 5 heteroatoms. The van der Waals surface area contributed by atoms with Crippen LogP contribution in [0.15, 0.2) is 42.5 Å². The van der Waals surface area contributed by atoms with Crippen LogP contribution in [0.25, 0.3) is 0 Å². The van der Waals surface area contributed by atoms with E-state index in [9.17, 15) is 9.59 Å². The Balaban J connectivity index is 1.57. The van der Waals surface area contributed by atoms with E-state index in [1.54, 1.807) is 11.0 Å². The molecule has 4 rings (SSSR count). The van der Waals surface area contributed by atoms with Gasteiger partial charge >= 0.3 is 0 Å². The number of amides is 2. The monoisotopic (exact) mass is 368 g/mol. The lowest BCUT2D eigenvalue weighted by atomic mass is 10.1. The number of hydrogen-bond donors (Lipinski definition) is 0. The van der Waals surface area contributed by atoms with E-state index in [1.807, 2.05) is 42.2 Å². The van der Waals surface area contributed by atoms with E-state index in [0.29, 0.717) is 11.6 Å². The minimum absolute atomic E-state index is 0.0246. The van der Waals surface area contributed by atoms with Gasteiger partial charge in [0.2, 0.25) is 11.8 Å². The molecule has 2 atom stereocenters. The molecule has 1 fully saturated rings. The number of benzene rings is 2. The van der Waals surface area contributed by atoms with E-state index < -0.39 is 0 Å². The molecule has 0 bridgehead atoms. The van der Waals surface area contributed by atoms with Gasteiger partial charge < -0.3 is 9.80 Å². The van der Waals surface area contributed by atoms with Crippen LogP contribution in [-0.4, -0.2) is 24.4 Å². The molecule has 134 valence electrons. The third-order valence-corrected chi connectivity index (χ3v) is 5.79. The number of hydrogen-bond acceptors (Lipinski definition) is 2. The van der Waals surface area contributed by atoms with E-state index >= 15 is 0 Å². The van der Waals surface area contributed by atoms with Crippen LogP contribution < -0.4 is 9.80 Å². The Morgan fingerprint density at radius 2 is 1.92 bits per heavy atom. The number of halogens is 1. The van der Waals surface area contributed by atoms with Crippen LogP contribution in [0.2, 0.25) is 5.02 Å². The molecule has 2 aliphatic heterocycles. The molecule has 0 radical (unpaired) electrons. The SMILES string of the molecule is Cc1ccc(N2C[C@@H](C(=O)N3c4ccccc4C[C@@H]3C)CC2=O)cc1Cl. The van der Waals surface area contributed by atoms with Gasteiger partial charge in [0, 0.05) is 35.4 Å². The maximum absolute atomic E-state index is 13.2. The van der Waals surface area contributed by atoms with Crippen LogP contribution >= 0.6 is 11.6 Å². The van der Waals surface area contributed by atoms with Crippen molar-refractivity contribution in [3.63, 3.8) is 0 Å². The van der Waals surface area contributed by atoms with Gasteiger partial charge in [0.15, 0.2) is 0 Å². The van der Waals surface area contributed by atoms with Crippen molar-refractivity contribution >= 4 is 34.8 Å². The van der Waals surface area contributed by atoms with Crippen molar-refractivity contribution in [2.24, 2.45) is 5.92 Å². The zero-order valence-electron chi connectivity index (χ0n) is 14.9. The van der Waals surface area contributed by atoms with E-state index in [1.165, 1.54) is 5.56 Å². The molecule has 2 aromatic carbocycles. The largest absolute Gasteiger partial charge is 0.312 e. The molecular weight excluding hydrogens is 348 g/mol. The molecule has 1 saturated heterocycles. The first kappa shape index (κ1) is 17.1. The van der Waals surface area contributed by atoms with Gasteiger partial charge in [-0.2, -0.15) is 0 Å². The molecule has 2 amide bonds. The lowest BCUT2D eigenvalue weighted by molar-refractivity contribution is -0.124. The van der Waals surface area contributed by atoms with Crippen molar-refractivity contribution in [3.05, 3.63) is 58.6 Å². The molecule has 0 N–H and O–H groups in total. The summed E-state index contributed by atoms with van der Waals surface area (Å²) in [5.41, 5.74) is 3.90. The molecule has 2 aromatic rings. The minimum Gasteiger partial charge on any atom is -0.312 e. The fourth-order valence-electron chi connectivity index (χ4n) is 3.97. The Morgan fingerprint density at radius 1 is 1.15 bits per heavy atom. The zero-order chi connectivity index (χ0) is 18.4. The molecule has 4 nitrogen and oxygen atoms in total. The molecule has 0 spiro atoms. The number of carbonyl (C=O) groups excluding carboxylic acids is 2. The highest BCUT2D eigenvalue weighted by Crippen LogP contribution is 2.35. The van der Waals surface area contributed by atoms with E-state index in [-0.39, 0.29) is 30.2 Å². The zero-order valence-corrected chi connectivity index (χ0v) is 15.7. The topological polar surface area (TPSA) is 40.6 Å². The molecule has 0 unspecified atom stereocenters. The molecule has 26 heavy (non-hydrogen) atoms. The number of nitrogens with zero attached hydrogens (tertiary/aromatic N) is 2. The molecular formula is C21H21ClN2O2. The lowest BCUT2D eigenvalue weighted by Gasteiger charge is -2.26. The number of carbonyl (C=O) groups is 2. The van der Waals surface area contributed by atoms with Gasteiger partial charge in [0.25, 0.3) is 0 Å². The van der Waals surface area contributed by atoms with Crippen LogP contribution in [0.4, 0.5) is 11.4 Å². The van der Waals surface area contributed by atoms with Crippen LogP contribution in [-0.2, 0) is 16.0 Å². The molecule has 0 saturated carbocycles. The highest BCUT2D eigenvalue weighted by molar-refractivity contribution is 6.31. The maximum Gasteiger partial charge on any atom is 0.232 e.